The smallest absolute Gasteiger partial charge is 0.212 e. The molecule has 0 amide bonds. The fourth-order valence-electron chi connectivity index (χ4n) is 0.901. The van der Waals surface area contributed by atoms with E-state index in [0.29, 0.717) is 11.3 Å². The van der Waals surface area contributed by atoms with E-state index in [2.05, 4.69) is 0 Å². The normalized spacial score (nSPS) is 10.7. The van der Waals surface area contributed by atoms with Crippen LogP contribution in [0.1, 0.15) is 5.56 Å². The van der Waals surface area contributed by atoms with E-state index in [1.807, 2.05) is 6.07 Å². The van der Waals surface area contributed by atoms with Gasteiger partial charge in [-0.25, -0.2) is 13.6 Å². The van der Waals surface area contributed by atoms with Crippen LogP contribution in [0, 0.1) is 11.3 Å². The van der Waals surface area contributed by atoms with Crippen molar-refractivity contribution < 1.29 is 13.2 Å². The molecule has 15 heavy (non-hydrogen) atoms. The molecule has 6 heteroatoms. The Morgan fingerprint density at radius 2 is 1.93 bits per heavy atom. The molecule has 0 unspecified atom stereocenters. The van der Waals surface area contributed by atoms with Gasteiger partial charge in [0.2, 0.25) is 10.0 Å². The number of hydrogen-bond donors (Lipinski definition) is 1. The molecule has 0 radical (unpaired) electrons. The van der Waals surface area contributed by atoms with Crippen LogP contribution >= 0.6 is 0 Å². The Labute approximate surface area is 88.1 Å². The van der Waals surface area contributed by atoms with Crippen molar-refractivity contribution in [2.24, 2.45) is 5.14 Å². The predicted octanol–water partition coefficient (Wildman–Crippen LogP) is 0.226. The molecule has 0 bridgehead atoms. The molecule has 0 aliphatic rings. The van der Waals surface area contributed by atoms with Gasteiger partial charge in [-0.05, 0) is 24.3 Å². The van der Waals surface area contributed by atoms with Gasteiger partial charge in [-0.15, -0.1) is 0 Å². The van der Waals surface area contributed by atoms with Crippen LogP contribution in [0.4, 0.5) is 0 Å². The minimum Gasteiger partial charge on any atom is -0.492 e. The van der Waals surface area contributed by atoms with E-state index < -0.39 is 10.0 Å². The van der Waals surface area contributed by atoms with Gasteiger partial charge in [0.05, 0.1) is 17.4 Å². The van der Waals surface area contributed by atoms with Crippen LogP contribution in [0.3, 0.4) is 0 Å². The van der Waals surface area contributed by atoms with E-state index in [0.717, 1.165) is 0 Å². The number of nitrogens with zero attached hydrogens (tertiary/aromatic N) is 1. The van der Waals surface area contributed by atoms with Crippen LogP contribution in [0.5, 0.6) is 5.75 Å². The Bertz CT molecular complexity index is 459. The summed E-state index contributed by atoms with van der Waals surface area (Å²) in [5.41, 5.74) is 0.522. The molecule has 1 aromatic rings. The Morgan fingerprint density at radius 3 is 2.40 bits per heavy atom. The molecule has 0 aromatic heterocycles. The molecule has 0 aliphatic carbocycles. The van der Waals surface area contributed by atoms with E-state index in [9.17, 15) is 8.42 Å². The number of primary sulfonamides is 1. The zero-order chi connectivity index (χ0) is 11.3. The summed E-state index contributed by atoms with van der Waals surface area (Å²) >= 11 is 0. The van der Waals surface area contributed by atoms with Crippen LogP contribution in [-0.2, 0) is 10.0 Å². The minimum absolute atomic E-state index is 0.00470. The third-order valence-corrected chi connectivity index (χ3v) is 2.36. The number of sulfonamides is 1. The van der Waals surface area contributed by atoms with E-state index >= 15 is 0 Å². The Balaban J connectivity index is 2.49. The third-order valence-electron chi connectivity index (χ3n) is 1.62. The summed E-state index contributed by atoms with van der Waals surface area (Å²) in [5.74, 6) is 0.283. The fourth-order valence-corrected chi connectivity index (χ4v) is 1.22. The minimum atomic E-state index is -3.48. The van der Waals surface area contributed by atoms with Crippen LogP contribution in [0.15, 0.2) is 24.3 Å². The first-order chi connectivity index (χ1) is 7.01. The van der Waals surface area contributed by atoms with Gasteiger partial charge >= 0.3 is 0 Å². The van der Waals surface area contributed by atoms with Crippen molar-refractivity contribution in [1.29, 1.82) is 5.26 Å². The largest absolute Gasteiger partial charge is 0.492 e. The maximum atomic E-state index is 10.6. The summed E-state index contributed by atoms with van der Waals surface area (Å²) in [4.78, 5) is 0. The van der Waals surface area contributed by atoms with E-state index in [1.165, 1.54) is 0 Å². The quantitative estimate of drug-likeness (QED) is 0.795. The lowest BCUT2D eigenvalue weighted by Crippen LogP contribution is -2.21. The Kier molecular flexibility index (Phi) is 3.66. The second-order valence-corrected chi connectivity index (χ2v) is 4.59. The first kappa shape index (κ1) is 11.5. The lowest BCUT2D eigenvalue weighted by atomic mass is 10.2. The van der Waals surface area contributed by atoms with Crippen molar-refractivity contribution >= 4 is 10.0 Å². The third kappa shape index (κ3) is 4.44. The van der Waals surface area contributed by atoms with Gasteiger partial charge in [0.1, 0.15) is 12.4 Å². The molecule has 1 rings (SSSR count). The molecule has 0 spiro atoms. The topological polar surface area (TPSA) is 93.2 Å². The van der Waals surface area contributed by atoms with Gasteiger partial charge in [0.15, 0.2) is 0 Å². The van der Waals surface area contributed by atoms with Crippen LogP contribution < -0.4 is 9.88 Å². The van der Waals surface area contributed by atoms with E-state index in [4.69, 9.17) is 15.1 Å². The zero-order valence-corrected chi connectivity index (χ0v) is 8.70. The van der Waals surface area contributed by atoms with Crippen molar-refractivity contribution in [3.8, 4) is 11.8 Å². The molecule has 0 aliphatic heterocycles. The van der Waals surface area contributed by atoms with Gasteiger partial charge in [-0.3, -0.25) is 0 Å². The number of nitriles is 1. The Morgan fingerprint density at radius 1 is 1.33 bits per heavy atom. The number of rotatable bonds is 4. The average molecular weight is 226 g/mol. The standard InChI is InChI=1S/C9H10N2O3S/c10-7-8-1-3-9(4-2-8)14-5-6-15(11,12)13/h1-4H,5-6H2,(H2,11,12,13). The van der Waals surface area contributed by atoms with Crippen molar-refractivity contribution in [3.05, 3.63) is 29.8 Å². The predicted molar refractivity (Wildman–Crippen MR) is 54.6 cm³/mol. The molecule has 2 N–H and O–H groups in total. The highest BCUT2D eigenvalue weighted by Crippen LogP contribution is 2.11. The number of benzene rings is 1. The summed E-state index contributed by atoms with van der Waals surface area (Å²) in [7, 11) is -3.48. The highest BCUT2D eigenvalue weighted by molar-refractivity contribution is 7.89. The molecule has 0 heterocycles. The van der Waals surface area contributed by atoms with Crippen molar-refractivity contribution in [2.45, 2.75) is 0 Å². The van der Waals surface area contributed by atoms with E-state index in [-0.39, 0.29) is 12.4 Å². The average Bonchev–Trinajstić information content (AvgIpc) is 2.17. The lowest BCUT2D eigenvalue weighted by Gasteiger charge is -2.04. The first-order valence-electron chi connectivity index (χ1n) is 4.15. The molecule has 5 nitrogen and oxygen atoms in total. The molecule has 80 valence electrons. The van der Waals surface area contributed by atoms with Gasteiger partial charge in [-0.1, -0.05) is 0 Å². The SMILES string of the molecule is N#Cc1ccc(OCCS(N)(=O)=O)cc1. The summed E-state index contributed by atoms with van der Waals surface area (Å²) in [6.07, 6.45) is 0. The number of hydrogen-bond acceptors (Lipinski definition) is 4. The summed E-state index contributed by atoms with van der Waals surface area (Å²) in [6.45, 7) is 0.00470. The highest BCUT2D eigenvalue weighted by atomic mass is 32.2. The zero-order valence-electron chi connectivity index (χ0n) is 7.88. The van der Waals surface area contributed by atoms with Gasteiger partial charge < -0.3 is 4.74 Å². The maximum Gasteiger partial charge on any atom is 0.212 e. The summed E-state index contributed by atoms with van der Waals surface area (Å²) in [5, 5.41) is 13.3. The molecule has 1 aromatic carbocycles. The van der Waals surface area contributed by atoms with Crippen molar-refractivity contribution in [2.75, 3.05) is 12.4 Å². The molecule has 0 saturated heterocycles. The van der Waals surface area contributed by atoms with Crippen molar-refractivity contribution in [1.82, 2.24) is 0 Å². The van der Waals surface area contributed by atoms with E-state index in [1.54, 1.807) is 24.3 Å². The van der Waals surface area contributed by atoms with Crippen LogP contribution in [-0.4, -0.2) is 20.8 Å². The summed E-state index contributed by atoms with van der Waals surface area (Å²) < 4.78 is 26.3. The lowest BCUT2D eigenvalue weighted by molar-refractivity contribution is 0.341. The second kappa shape index (κ2) is 4.77. The Hall–Kier alpha value is -1.58. The number of nitrogens with two attached hydrogens (primary N) is 1. The maximum absolute atomic E-state index is 10.6. The molecular formula is C9H10N2O3S. The molecular weight excluding hydrogens is 216 g/mol. The highest BCUT2D eigenvalue weighted by Gasteiger charge is 2.02. The van der Waals surface area contributed by atoms with Crippen LogP contribution in [0.25, 0.3) is 0 Å². The molecule has 0 fully saturated rings. The second-order valence-electron chi connectivity index (χ2n) is 2.85. The monoisotopic (exact) mass is 226 g/mol. The summed E-state index contributed by atoms with van der Waals surface area (Å²) in [6, 6.07) is 8.34. The first-order valence-corrected chi connectivity index (χ1v) is 5.86. The number of ether oxygens (including phenoxy) is 1. The fraction of sp³-hybridized carbons (Fsp3) is 0.222. The molecule has 0 atom stereocenters. The van der Waals surface area contributed by atoms with Gasteiger partial charge in [0.25, 0.3) is 0 Å². The molecule has 0 saturated carbocycles. The van der Waals surface area contributed by atoms with Crippen LogP contribution in [0.2, 0.25) is 0 Å². The van der Waals surface area contributed by atoms with Gasteiger partial charge in [0, 0.05) is 0 Å². The van der Waals surface area contributed by atoms with Gasteiger partial charge in [-0.2, -0.15) is 5.26 Å². The van der Waals surface area contributed by atoms with Crippen molar-refractivity contribution in [3.63, 3.8) is 0 Å².